The van der Waals surface area contributed by atoms with Gasteiger partial charge in [-0.1, -0.05) is 26.7 Å². The van der Waals surface area contributed by atoms with Gasteiger partial charge in [0.15, 0.2) is 11.2 Å². The molecule has 0 bridgehead atoms. The third-order valence-electron chi connectivity index (χ3n) is 3.80. The molecule has 0 fully saturated rings. The van der Waals surface area contributed by atoms with Crippen molar-refractivity contribution >= 4 is 11.2 Å². The number of aromatic nitrogens is 4. The number of unbranched alkanes of at least 4 members (excludes halogenated alkanes) is 2. The predicted octanol–water partition coefficient (Wildman–Crippen LogP) is 0.952. The average Bonchev–Trinajstić information content (AvgIpc) is 2.91. The van der Waals surface area contributed by atoms with E-state index in [2.05, 4.69) is 11.9 Å². The molecule has 2 rings (SSSR count). The summed E-state index contributed by atoms with van der Waals surface area (Å²) in [6.45, 7) is 5.27. The summed E-state index contributed by atoms with van der Waals surface area (Å²) in [4.78, 5) is 29.5. The highest BCUT2D eigenvalue weighted by Gasteiger charge is 2.17. The highest BCUT2D eigenvalue weighted by atomic mass is 16.3. The van der Waals surface area contributed by atoms with Crippen molar-refractivity contribution in [2.75, 3.05) is 6.61 Å². The second-order valence-electron chi connectivity index (χ2n) is 5.43. The fraction of sp³-hybridized carbons (Fsp3) is 0.667. The molecule has 0 aliphatic rings. The minimum absolute atomic E-state index is 0.0754. The van der Waals surface area contributed by atoms with Crippen LogP contribution in [0.4, 0.5) is 0 Å². The lowest BCUT2D eigenvalue weighted by Crippen LogP contribution is -2.40. The molecule has 0 aromatic carbocycles. The number of nitrogens with zero attached hydrogens (tertiary/aromatic N) is 4. The molecule has 0 spiro atoms. The first-order valence-corrected chi connectivity index (χ1v) is 7.95. The first kappa shape index (κ1) is 16.5. The smallest absolute Gasteiger partial charge is 0.332 e. The van der Waals surface area contributed by atoms with E-state index in [0.717, 1.165) is 25.7 Å². The molecular formula is C15H24N4O3. The van der Waals surface area contributed by atoms with Crippen LogP contribution in [0.25, 0.3) is 11.2 Å². The van der Waals surface area contributed by atoms with Crippen LogP contribution in [0, 0.1) is 0 Å². The summed E-state index contributed by atoms with van der Waals surface area (Å²) in [5, 5.41) is 9.14. The molecule has 0 amide bonds. The maximum absolute atomic E-state index is 12.6. The zero-order chi connectivity index (χ0) is 16.1. The van der Waals surface area contributed by atoms with Crippen LogP contribution < -0.4 is 11.2 Å². The molecule has 2 heterocycles. The SMILES string of the molecule is CCCCn1c(=O)c2c(ncn2CCO)n(CCCC)c1=O. The van der Waals surface area contributed by atoms with Crippen LogP contribution in [0.2, 0.25) is 0 Å². The van der Waals surface area contributed by atoms with E-state index in [0.29, 0.717) is 30.8 Å². The Balaban J connectivity index is 2.69. The third kappa shape index (κ3) is 2.99. The number of rotatable bonds is 8. The summed E-state index contributed by atoms with van der Waals surface area (Å²) in [7, 11) is 0. The normalized spacial score (nSPS) is 11.4. The molecule has 1 N–H and O–H groups in total. The first-order valence-electron chi connectivity index (χ1n) is 7.95. The van der Waals surface area contributed by atoms with Gasteiger partial charge in [-0.3, -0.25) is 13.9 Å². The molecule has 7 nitrogen and oxygen atoms in total. The van der Waals surface area contributed by atoms with Gasteiger partial charge in [0.25, 0.3) is 5.56 Å². The summed E-state index contributed by atoms with van der Waals surface area (Å²) in [5.41, 5.74) is 0.228. The Morgan fingerprint density at radius 2 is 1.68 bits per heavy atom. The van der Waals surface area contributed by atoms with Crippen molar-refractivity contribution in [1.29, 1.82) is 0 Å². The Kier molecular flexibility index (Phi) is 5.54. The molecule has 0 aliphatic carbocycles. The predicted molar refractivity (Wildman–Crippen MR) is 85.2 cm³/mol. The van der Waals surface area contributed by atoms with Crippen LogP contribution >= 0.6 is 0 Å². The number of hydrogen-bond acceptors (Lipinski definition) is 4. The fourth-order valence-electron chi connectivity index (χ4n) is 2.55. The van der Waals surface area contributed by atoms with E-state index < -0.39 is 0 Å². The van der Waals surface area contributed by atoms with Crippen LogP contribution in [-0.2, 0) is 19.6 Å². The summed E-state index contributed by atoms with van der Waals surface area (Å²) >= 11 is 0. The molecule has 2 aromatic heterocycles. The van der Waals surface area contributed by atoms with Crippen molar-refractivity contribution < 1.29 is 5.11 Å². The fourth-order valence-corrected chi connectivity index (χ4v) is 2.55. The van der Waals surface area contributed by atoms with Gasteiger partial charge in [0.2, 0.25) is 0 Å². The highest BCUT2D eigenvalue weighted by Crippen LogP contribution is 2.08. The Morgan fingerprint density at radius 3 is 2.27 bits per heavy atom. The molecule has 7 heteroatoms. The lowest BCUT2D eigenvalue weighted by atomic mass is 10.3. The molecule has 0 aliphatic heterocycles. The van der Waals surface area contributed by atoms with Crippen molar-refractivity contribution in [2.24, 2.45) is 0 Å². The molecule has 0 atom stereocenters. The van der Waals surface area contributed by atoms with Gasteiger partial charge < -0.3 is 9.67 Å². The Hall–Kier alpha value is -1.89. The topological polar surface area (TPSA) is 82.0 Å². The number of imidazole rings is 1. The maximum Gasteiger partial charge on any atom is 0.332 e. The Morgan fingerprint density at radius 1 is 1.05 bits per heavy atom. The van der Waals surface area contributed by atoms with Gasteiger partial charge in [-0.05, 0) is 12.8 Å². The van der Waals surface area contributed by atoms with Crippen LogP contribution in [0.15, 0.2) is 15.9 Å². The van der Waals surface area contributed by atoms with Crippen LogP contribution in [0.3, 0.4) is 0 Å². The second kappa shape index (κ2) is 7.40. The average molecular weight is 308 g/mol. The highest BCUT2D eigenvalue weighted by molar-refractivity contribution is 5.70. The van der Waals surface area contributed by atoms with Gasteiger partial charge in [0.1, 0.15) is 0 Å². The summed E-state index contributed by atoms with van der Waals surface area (Å²) < 4.78 is 4.52. The molecule has 122 valence electrons. The number of aliphatic hydroxyl groups is 1. The molecule has 2 aromatic rings. The van der Waals surface area contributed by atoms with Crippen molar-refractivity contribution in [1.82, 2.24) is 18.7 Å². The summed E-state index contributed by atoms with van der Waals surface area (Å²) in [6, 6.07) is 0. The Labute approximate surface area is 128 Å². The molecule has 22 heavy (non-hydrogen) atoms. The van der Waals surface area contributed by atoms with E-state index in [9.17, 15) is 9.59 Å². The van der Waals surface area contributed by atoms with Crippen LogP contribution in [0.1, 0.15) is 39.5 Å². The molecular weight excluding hydrogens is 284 g/mol. The molecule has 0 saturated carbocycles. The largest absolute Gasteiger partial charge is 0.395 e. The summed E-state index contributed by atoms with van der Waals surface area (Å²) in [5.74, 6) is 0. The van der Waals surface area contributed by atoms with Gasteiger partial charge in [-0.25, -0.2) is 9.78 Å². The van der Waals surface area contributed by atoms with Gasteiger partial charge >= 0.3 is 5.69 Å². The van der Waals surface area contributed by atoms with Gasteiger partial charge in [-0.2, -0.15) is 0 Å². The quantitative estimate of drug-likeness (QED) is 0.787. The van der Waals surface area contributed by atoms with E-state index in [4.69, 9.17) is 5.11 Å². The summed E-state index contributed by atoms with van der Waals surface area (Å²) in [6.07, 6.45) is 5.03. The van der Waals surface area contributed by atoms with Crippen molar-refractivity contribution in [3.63, 3.8) is 0 Å². The van der Waals surface area contributed by atoms with E-state index in [1.807, 2.05) is 6.92 Å². The first-order chi connectivity index (χ1) is 10.7. The number of aryl methyl sites for hydroxylation is 1. The zero-order valence-electron chi connectivity index (χ0n) is 13.3. The van der Waals surface area contributed by atoms with E-state index in [1.54, 1.807) is 9.13 Å². The number of aliphatic hydroxyl groups excluding tert-OH is 1. The standard InChI is InChI=1S/C15H24N4O3/c1-3-5-7-18-13-12(17(9-10-20)11-16-13)14(21)19(15(18)22)8-6-4-2/h11,20H,3-10H2,1-2H3. The maximum atomic E-state index is 12.6. The van der Waals surface area contributed by atoms with Crippen LogP contribution in [-0.4, -0.2) is 30.4 Å². The van der Waals surface area contributed by atoms with Gasteiger partial charge in [0, 0.05) is 19.6 Å². The molecule has 0 unspecified atom stereocenters. The van der Waals surface area contributed by atoms with Gasteiger partial charge in [-0.15, -0.1) is 0 Å². The van der Waals surface area contributed by atoms with Gasteiger partial charge in [0.05, 0.1) is 12.9 Å². The zero-order valence-corrected chi connectivity index (χ0v) is 13.3. The van der Waals surface area contributed by atoms with Crippen molar-refractivity contribution in [2.45, 2.75) is 59.2 Å². The minimum atomic E-state index is -0.313. The third-order valence-corrected chi connectivity index (χ3v) is 3.80. The van der Waals surface area contributed by atoms with Crippen molar-refractivity contribution in [3.05, 3.63) is 27.2 Å². The second-order valence-corrected chi connectivity index (χ2v) is 5.43. The van der Waals surface area contributed by atoms with E-state index in [-0.39, 0.29) is 17.9 Å². The lowest BCUT2D eigenvalue weighted by Gasteiger charge is -2.11. The van der Waals surface area contributed by atoms with E-state index in [1.165, 1.54) is 10.9 Å². The molecule has 0 saturated heterocycles. The molecule has 0 radical (unpaired) electrons. The van der Waals surface area contributed by atoms with Crippen molar-refractivity contribution in [3.8, 4) is 0 Å². The van der Waals surface area contributed by atoms with E-state index >= 15 is 0 Å². The minimum Gasteiger partial charge on any atom is -0.395 e. The lowest BCUT2D eigenvalue weighted by molar-refractivity contribution is 0.277. The number of hydrogen-bond donors (Lipinski definition) is 1. The number of fused-ring (bicyclic) bond motifs is 1. The Bertz CT molecular complexity index is 742. The van der Waals surface area contributed by atoms with Crippen LogP contribution in [0.5, 0.6) is 0 Å². The monoisotopic (exact) mass is 308 g/mol.